The Hall–Kier alpha value is 0.860. The predicted molar refractivity (Wildman–Crippen MR) is 75.5 cm³/mol. The van der Waals surface area contributed by atoms with Crippen LogP contribution in [0.5, 0.6) is 0 Å². The summed E-state index contributed by atoms with van der Waals surface area (Å²) < 4.78 is 0. The van der Waals surface area contributed by atoms with Crippen molar-refractivity contribution in [3.63, 3.8) is 0 Å². The molecule has 0 amide bonds. The van der Waals surface area contributed by atoms with Gasteiger partial charge in [-0.05, 0) is 80.9 Å². The highest BCUT2D eigenvalue weighted by Crippen LogP contribution is 2.38. The third-order valence-corrected chi connectivity index (χ3v) is 5.78. The highest BCUT2D eigenvalue weighted by Gasteiger charge is 2.24. The summed E-state index contributed by atoms with van der Waals surface area (Å²) >= 11 is 0. The van der Waals surface area contributed by atoms with Crippen LogP contribution in [0.25, 0.3) is 0 Å². The van der Waals surface area contributed by atoms with E-state index in [1.54, 1.807) is 6.42 Å². The number of hydrogen-bond acceptors (Lipinski definition) is 0. The van der Waals surface area contributed by atoms with Crippen molar-refractivity contribution in [1.29, 1.82) is 0 Å². The lowest BCUT2D eigenvalue weighted by atomic mass is 9.77. The van der Waals surface area contributed by atoms with Gasteiger partial charge in [0.15, 0.2) is 0 Å². The molecule has 0 aromatic rings. The second-order valence-electron chi connectivity index (χ2n) is 5.80. The van der Waals surface area contributed by atoms with Gasteiger partial charge in [0.05, 0.1) is 0 Å². The van der Waals surface area contributed by atoms with Gasteiger partial charge in [0.1, 0.15) is 0 Å². The van der Waals surface area contributed by atoms with Crippen molar-refractivity contribution in [1.82, 2.24) is 0 Å². The molecule has 0 bridgehead atoms. The monoisotopic (exact) mass is 244 g/mol. The van der Waals surface area contributed by atoms with Crippen molar-refractivity contribution in [2.75, 3.05) is 0 Å². The van der Waals surface area contributed by atoms with E-state index >= 15 is 0 Å². The quantitative estimate of drug-likeness (QED) is 0.637. The minimum absolute atomic E-state index is 0.934. The highest BCUT2D eigenvalue weighted by atomic mass is 31.0. The first-order valence-electron chi connectivity index (χ1n) is 6.75. The van der Waals surface area contributed by atoms with Gasteiger partial charge < -0.3 is 0 Å². The highest BCUT2D eigenvalue weighted by molar-refractivity contribution is 7.17. The van der Waals surface area contributed by atoms with E-state index in [2.05, 4.69) is 18.5 Å². The first-order chi connectivity index (χ1) is 7.24. The fraction of sp³-hybridized carbons (Fsp3) is 1.00. The zero-order chi connectivity index (χ0) is 10.7. The predicted octanol–water partition coefficient (Wildman–Crippen LogP) is 4.24. The van der Waals surface area contributed by atoms with Crippen LogP contribution in [0.1, 0.15) is 57.8 Å². The molecule has 2 aliphatic rings. The van der Waals surface area contributed by atoms with Gasteiger partial charge in [0.2, 0.25) is 0 Å². The van der Waals surface area contributed by atoms with Gasteiger partial charge in [-0.3, -0.25) is 0 Å². The van der Waals surface area contributed by atoms with Gasteiger partial charge in [-0.25, -0.2) is 0 Å². The fourth-order valence-corrected chi connectivity index (χ4v) is 4.09. The van der Waals surface area contributed by atoms with Gasteiger partial charge in [-0.15, -0.1) is 18.5 Å². The van der Waals surface area contributed by atoms with Crippen LogP contribution in [0.4, 0.5) is 0 Å². The Morgan fingerprint density at radius 3 is 1.27 bits per heavy atom. The summed E-state index contributed by atoms with van der Waals surface area (Å²) in [5.41, 5.74) is 1.87. The third kappa shape index (κ3) is 3.98. The molecule has 0 nitrogen and oxygen atoms in total. The van der Waals surface area contributed by atoms with Crippen molar-refractivity contribution in [3.8, 4) is 0 Å². The summed E-state index contributed by atoms with van der Waals surface area (Å²) in [7, 11) is 6.03. The van der Waals surface area contributed by atoms with Gasteiger partial charge in [0, 0.05) is 0 Å². The molecule has 88 valence electrons. The standard InChI is InChI=1S/C13H26P2/c14-12-5-1-10(2-6-12)9-11-3-7-13(15)8-4-11/h10-13H,1-9,14-15H2. The van der Waals surface area contributed by atoms with Crippen molar-refractivity contribution >= 4 is 18.5 Å². The zero-order valence-electron chi connectivity index (χ0n) is 9.83. The molecule has 2 atom stereocenters. The van der Waals surface area contributed by atoms with E-state index in [0.717, 1.165) is 23.2 Å². The van der Waals surface area contributed by atoms with E-state index in [4.69, 9.17) is 0 Å². The van der Waals surface area contributed by atoms with Crippen molar-refractivity contribution in [3.05, 3.63) is 0 Å². The first kappa shape index (κ1) is 12.3. The molecular formula is C13H26P2. The smallest absolute Gasteiger partial charge is 0.0264 e. The van der Waals surface area contributed by atoms with E-state index < -0.39 is 0 Å². The molecule has 2 fully saturated rings. The Bertz CT molecular complexity index is 157. The van der Waals surface area contributed by atoms with Gasteiger partial charge in [-0.2, -0.15) is 0 Å². The van der Waals surface area contributed by atoms with E-state index in [1.807, 2.05) is 0 Å². The van der Waals surface area contributed by atoms with Crippen molar-refractivity contribution in [2.24, 2.45) is 11.8 Å². The van der Waals surface area contributed by atoms with Crippen molar-refractivity contribution < 1.29 is 0 Å². The topological polar surface area (TPSA) is 0 Å². The maximum absolute atomic E-state index is 3.01. The molecule has 2 aliphatic carbocycles. The largest absolute Gasteiger partial charge is 0.134 e. The van der Waals surface area contributed by atoms with Crippen LogP contribution in [0.15, 0.2) is 0 Å². The lowest BCUT2D eigenvalue weighted by molar-refractivity contribution is 0.249. The molecule has 0 aliphatic heterocycles. The van der Waals surface area contributed by atoms with E-state index in [1.165, 1.54) is 51.4 Å². The minimum Gasteiger partial charge on any atom is -0.134 e. The van der Waals surface area contributed by atoms with E-state index in [-0.39, 0.29) is 0 Å². The molecule has 2 saturated carbocycles. The Kier molecular flexibility index (Phi) is 4.91. The Labute approximate surface area is 99.8 Å². The molecular weight excluding hydrogens is 218 g/mol. The van der Waals surface area contributed by atoms with Crippen LogP contribution >= 0.6 is 18.5 Å². The molecule has 0 spiro atoms. The summed E-state index contributed by atoms with van der Waals surface area (Å²) in [4.78, 5) is 0. The lowest BCUT2D eigenvalue weighted by Crippen LogP contribution is -2.20. The average Bonchev–Trinajstić information content (AvgIpc) is 2.25. The molecule has 0 radical (unpaired) electrons. The first-order valence-corrected chi connectivity index (χ1v) is 8.08. The van der Waals surface area contributed by atoms with Crippen LogP contribution in [0, 0.1) is 11.8 Å². The molecule has 2 heteroatoms. The van der Waals surface area contributed by atoms with Crippen molar-refractivity contribution in [2.45, 2.75) is 69.1 Å². The Morgan fingerprint density at radius 1 is 0.600 bits per heavy atom. The number of hydrogen-bond donors (Lipinski definition) is 0. The minimum atomic E-state index is 0.934. The van der Waals surface area contributed by atoms with Gasteiger partial charge in [0.25, 0.3) is 0 Å². The van der Waals surface area contributed by atoms with Crippen LogP contribution in [-0.2, 0) is 0 Å². The molecule has 2 unspecified atom stereocenters. The summed E-state index contributed by atoms with van der Waals surface area (Å²) in [6, 6.07) is 0. The lowest BCUT2D eigenvalue weighted by Gasteiger charge is -2.32. The zero-order valence-corrected chi connectivity index (χ0v) is 12.1. The molecule has 0 N–H and O–H groups in total. The Morgan fingerprint density at radius 2 is 0.933 bits per heavy atom. The summed E-state index contributed by atoms with van der Waals surface area (Å²) in [5.74, 6) is 2.15. The second kappa shape index (κ2) is 5.97. The molecule has 2 rings (SSSR count). The third-order valence-electron chi connectivity index (χ3n) is 4.45. The second-order valence-corrected chi connectivity index (χ2v) is 7.68. The van der Waals surface area contributed by atoms with Gasteiger partial charge >= 0.3 is 0 Å². The van der Waals surface area contributed by atoms with Crippen LogP contribution in [0.2, 0.25) is 0 Å². The van der Waals surface area contributed by atoms with Crippen LogP contribution in [0.3, 0.4) is 0 Å². The molecule has 0 aromatic heterocycles. The van der Waals surface area contributed by atoms with Gasteiger partial charge in [-0.1, -0.05) is 0 Å². The van der Waals surface area contributed by atoms with E-state index in [0.29, 0.717) is 0 Å². The number of rotatable bonds is 2. The average molecular weight is 244 g/mol. The van der Waals surface area contributed by atoms with E-state index in [9.17, 15) is 0 Å². The van der Waals surface area contributed by atoms with Crippen LogP contribution < -0.4 is 0 Å². The Balaban J connectivity index is 1.68. The normalized spacial score (nSPS) is 42.8. The maximum Gasteiger partial charge on any atom is -0.0264 e. The summed E-state index contributed by atoms with van der Waals surface area (Å²) in [6.07, 6.45) is 13.5. The summed E-state index contributed by atoms with van der Waals surface area (Å²) in [6.45, 7) is 0. The summed E-state index contributed by atoms with van der Waals surface area (Å²) in [5, 5.41) is 0. The fourth-order valence-electron chi connectivity index (χ4n) is 3.32. The molecule has 0 aromatic carbocycles. The molecule has 0 saturated heterocycles. The molecule has 15 heavy (non-hydrogen) atoms. The molecule has 0 heterocycles. The van der Waals surface area contributed by atoms with Crippen LogP contribution in [-0.4, -0.2) is 11.3 Å². The maximum atomic E-state index is 3.01. The SMILES string of the molecule is PC1CCC(CC2CCC(P)CC2)CC1.